The topological polar surface area (TPSA) is 32.5 Å². The zero-order valence-electron chi connectivity index (χ0n) is 13.5. The second kappa shape index (κ2) is 7.48. The average Bonchev–Trinajstić information content (AvgIpc) is 2.86. The Morgan fingerprint density at radius 2 is 2.24 bits per heavy atom. The van der Waals surface area contributed by atoms with E-state index < -0.39 is 0 Å². The molecule has 2 rings (SSSR count). The van der Waals surface area contributed by atoms with E-state index in [4.69, 9.17) is 17.3 Å². The molecule has 0 saturated carbocycles. The first kappa shape index (κ1) is 16.6. The van der Waals surface area contributed by atoms with Gasteiger partial charge in [-0.15, -0.1) is 0 Å². The maximum Gasteiger partial charge on any atom is 0.0459 e. The molecule has 3 nitrogen and oxygen atoms in total. The Bertz CT molecular complexity index is 463. The fraction of sp³-hybridized carbons (Fsp3) is 0.647. The van der Waals surface area contributed by atoms with Crippen molar-refractivity contribution in [1.29, 1.82) is 0 Å². The number of hydrogen-bond acceptors (Lipinski definition) is 3. The van der Waals surface area contributed by atoms with Gasteiger partial charge < -0.3 is 15.5 Å². The van der Waals surface area contributed by atoms with Gasteiger partial charge in [-0.3, -0.25) is 0 Å². The average molecular weight is 310 g/mol. The molecular formula is C17H28ClN3. The fourth-order valence-electron chi connectivity index (χ4n) is 3.03. The molecule has 2 N–H and O–H groups in total. The molecular weight excluding hydrogens is 282 g/mol. The van der Waals surface area contributed by atoms with E-state index in [1.54, 1.807) is 0 Å². The second-order valence-electron chi connectivity index (χ2n) is 6.45. The van der Waals surface area contributed by atoms with E-state index in [1.807, 2.05) is 0 Å². The lowest BCUT2D eigenvalue weighted by Crippen LogP contribution is -2.27. The third-order valence-electron chi connectivity index (χ3n) is 4.50. The predicted molar refractivity (Wildman–Crippen MR) is 92.3 cm³/mol. The summed E-state index contributed by atoms with van der Waals surface area (Å²) in [5, 5.41) is 0.840. The molecule has 1 aromatic carbocycles. The Kier molecular flexibility index (Phi) is 5.91. The van der Waals surface area contributed by atoms with Gasteiger partial charge in [0.2, 0.25) is 0 Å². The van der Waals surface area contributed by atoms with E-state index >= 15 is 0 Å². The van der Waals surface area contributed by atoms with Crippen molar-refractivity contribution in [3.05, 3.63) is 28.8 Å². The highest BCUT2D eigenvalue weighted by Crippen LogP contribution is 2.26. The van der Waals surface area contributed by atoms with Crippen LogP contribution in [0.3, 0.4) is 0 Å². The molecule has 0 spiro atoms. The molecule has 0 bridgehead atoms. The van der Waals surface area contributed by atoms with Crippen LogP contribution < -0.4 is 10.6 Å². The Morgan fingerprint density at radius 1 is 1.48 bits per heavy atom. The van der Waals surface area contributed by atoms with Crippen LogP contribution in [0.15, 0.2) is 18.2 Å². The van der Waals surface area contributed by atoms with Crippen LogP contribution >= 0.6 is 11.6 Å². The van der Waals surface area contributed by atoms with E-state index in [0.717, 1.165) is 35.9 Å². The summed E-state index contributed by atoms with van der Waals surface area (Å²) in [4.78, 5) is 4.72. The summed E-state index contributed by atoms with van der Waals surface area (Å²) in [6, 6.07) is 6.57. The van der Waals surface area contributed by atoms with E-state index in [2.05, 4.69) is 49.0 Å². The lowest BCUT2D eigenvalue weighted by atomic mass is 10.0. The number of nitrogens with two attached hydrogens (primary N) is 1. The van der Waals surface area contributed by atoms with Gasteiger partial charge in [0, 0.05) is 36.9 Å². The third-order valence-corrected chi connectivity index (χ3v) is 4.86. The Morgan fingerprint density at radius 3 is 2.81 bits per heavy atom. The van der Waals surface area contributed by atoms with Crippen LogP contribution in [0.4, 0.5) is 5.69 Å². The summed E-state index contributed by atoms with van der Waals surface area (Å²) >= 11 is 6.42. The molecule has 1 aromatic rings. The number of likely N-dealkylation sites (tertiary alicyclic amines) is 1. The lowest BCUT2D eigenvalue weighted by Gasteiger charge is -2.24. The van der Waals surface area contributed by atoms with Crippen LogP contribution in [-0.4, -0.2) is 44.7 Å². The Hall–Kier alpha value is -0.770. The van der Waals surface area contributed by atoms with Gasteiger partial charge in [-0.2, -0.15) is 0 Å². The molecule has 0 aliphatic carbocycles. The maximum absolute atomic E-state index is 6.42. The van der Waals surface area contributed by atoms with Crippen molar-refractivity contribution < 1.29 is 0 Å². The van der Waals surface area contributed by atoms with Crippen molar-refractivity contribution >= 4 is 17.3 Å². The monoisotopic (exact) mass is 309 g/mol. The summed E-state index contributed by atoms with van der Waals surface area (Å²) in [7, 11) is 4.35. The fourth-order valence-corrected chi connectivity index (χ4v) is 3.29. The van der Waals surface area contributed by atoms with Gasteiger partial charge in [-0.25, -0.2) is 0 Å². The number of halogens is 1. The SMILES string of the molecule is CCC(N)Cc1ccc(N(C)CC2CCN(C)C2)cc1Cl. The first-order chi connectivity index (χ1) is 9.99. The molecule has 1 fully saturated rings. The van der Waals surface area contributed by atoms with Gasteiger partial charge in [0.05, 0.1) is 0 Å². The first-order valence-electron chi connectivity index (χ1n) is 7.93. The predicted octanol–water partition coefficient (Wildman–Crippen LogP) is 3.01. The van der Waals surface area contributed by atoms with Gasteiger partial charge >= 0.3 is 0 Å². The molecule has 1 heterocycles. The largest absolute Gasteiger partial charge is 0.374 e. The molecule has 0 aromatic heterocycles. The van der Waals surface area contributed by atoms with E-state index in [-0.39, 0.29) is 6.04 Å². The van der Waals surface area contributed by atoms with Crippen LogP contribution in [0, 0.1) is 5.92 Å². The molecule has 1 saturated heterocycles. The minimum absolute atomic E-state index is 0.195. The summed E-state index contributed by atoms with van der Waals surface area (Å²) in [6.45, 7) is 5.61. The standard InChI is InChI=1S/C17H28ClN3/c1-4-15(19)9-14-5-6-16(10-17(14)18)21(3)12-13-7-8-20(2)11-13/h5-6,10,13,15H,4,7-9,11-12,19H2,1-3H3. The molecule has 1 aliphatic heterocycles. The highest BCUT2D eigenvalue weighted by Gasteiger charge is 2.21. The first-order valence-corrected chi connectivity index (χ1v) is 8.31. The molecule has 21 heavy (non-hydrogen) atoms. The Labute approximate surface area is 134 Å². The number of anilines is 1. The zero-order chi connectivity index (χ0) is 15.4. The van der Waals surface area contributed by atoms with Gasteiger partial charge in [-0.05, 0) is 56.5 Å². The molecule has 0 amide bonds. The molecule has 1 aliphatic rings. The molecule has 118 valence electrons. The maximum atomic E-state index is 6.42. The van der Waals surface area contributed by atoms with Crippen molar-refractivity contribution in [1.82, 2.24) is 4.90 Å². The molecule has 2 unspecified atom stereocenters. The number of nitrogens with zero attached hydrogens (tertiary/aromatic N) is 2. The highest BCUT2D eigenvalue weighted by molar-refractivity contribution is 6.31. The number of rotatable bonds is 6. The van der Waals surface area contributed by atoms with Gasteiger partial charge in [-0.1, -0.05) is 24.6 Å². The van der Waals surface area contributed by atoms with Gasteiger partial charge in [0.1, 0.15) is 0 Å². The van der Waals surface area contributed by atoms with Crippen molar-refractivity contribution in [3.63, 3.8) is 0 Å². The van der Waals surface area contributed by atoms with Crippen LogP contribution in [0.2, 0.25) is 5.02 Å². The van der Waals surface area contributed by atoms with Crippen molar-refractivity contribution in [2.75, 3.05) is 38.6 Å². The second-order valence-corrected chi connectivity index (χ2v) is 6.85. The van der Waals surface area contributed by atoms with Crippen molar-refractivity contribution in [2.24, 2.45) is 11.7 Å². The van der Waals surface area contributed by atoms with Gasteiger partial charge in [0.15, 0.2) is 0 Å². The summed E-state index contributed by atoms with van der Waals surface area (Å²) in [6.07, 6.45) is 3.12. The molecule has 4 heteroatoms. The van der Waals surface area contributed by atoms with Crippen molar-refractivity contribution in [3.8, 4) is 0 Å². The lowest BCUT2D eigenvalue weighted by molar-refractivity contribution is 0.396. The number of benzene rings is 1. The van der Waals surface area contributed by atoms with Gasteiger partial charge in [0.25, 0.3) is 0 Å². The molecule has 2 atom stereocenters. The van der Waals surface area contributed by atoms with Crippen LogP contribution in [0.25, 0.3) is 0 Å². The summed E-state index contributed by atoms with van der Waals surface area (Å²) in [5.74, 6) is 0.756. The minimum Gasteiger partial charge on any atom is -0.374 e. The summed E-state index contributed by atoms with van der Waals surface area (Å²) < 4.78 is 0. The smallest absolute Gasteiger partial charge is 0.0459 e. The van der Waals surface area contributed by atoms with E-state index in [1.165, 1.54) is 25.2 Å². The normalized spacial score (nSPS) is 20.7. The number of hydrogen-bond donors (Lipinski definition) is 1. The minimum atomic E-state index is 0.195. The van der Waals surface area contributed by atoms with Crippen LogP contribution in [-0.2, 0) is 6.42 Å². The quantitative estimate of drug-likeness (QED) is 0.877. The molecule has 0 radical (unpaired) electrons. The van der Waals surface area contributed by atoms with E-state index in [0.29, 0.717) is 0 Å². The van der Waals surface area contributed by atoms with E-state index in [9.17, 15) is 0 Å². The third kappa shape index (κ3) is 4.60. The Balaban J connectivity index is 1.98. The van der Waals surface area contributed by atoms with Crippen LogP contribution in [0.1, 0.15) is 25.3 Å². The zero-order valence-corrected chi connectivity index (χ0v) is 14.2. The van der Waals surface area contributed by atoms with Crippen molar-refractivity contribution in [2.45, 2.75) is 32.2 Å². The summed E-state index contributed by atoms with van der Waals surface area (Å²) in [5.41, 5.74) is 8.37. The van der Waals surface area contributed by atoms with Crippen LogP contribution in [0.5, 0.6) is 0 Å². The highest BCUT2D eigenvalue weighted by atomic mass is 35.5.